The lowest BCUT2D eigenvalue weighted by atomic mass is 10.1. The number of anilines is 1. The van der Waals surface area contributed by atoms with Crippen molar-refractivity contribution in [3.8, 4) is 0 Å². The highest BCUT2D eigenvalue weighted by atomic mass is 32.2. The first-order chi connectivity index (χ1) is 16.5. The standard InChI is InChI=1S/C25H35FN4O4S/c1-6-22(25(32)27-19(2)3)29(17-16-20-12-8-7-9-13-20)24(31)18-30(35(33,34)28(4)5)23-15-11-10-14-21(23)26/h7-15,19,22H,6,16-18H2,1-5H3,(H,27,32). The molecule has 192 valence electrons. The number of halogens is 1. The highest BCUT2D eigenvalue weighted by Crippen LogP contribution is 2.23. The van der Waals surface area contributed by atoms with Gasteiger partial charge in [0, 0.05) is 26.7 Å². The van der Waals surface area contributed by atoms with Gasteiger partial charge in [0.1, 0.15) is 18.4 Å². The Kier molecular flexibility index (Phi) is 10.2. The van der Waals surface area contributed by atoms with Crippen LogP contribution in [0.4, 0.5) is 10.1 Å². The summed E-state index contributed by atoms with van der Waals surface area (Å²) >= 11 is 0. The number of hydrogen-bond acceptors (Lipinski definition) is 4. The Morgan fingerprint density at radius 2 is 1.60 bits per heavy atom. The van der Waals surface area contributed by atoms with Crippen LogP contribution in [0.15, 0.2) is 54.6 Å². The molecule has 1 unspecified atom stereocenters. The first-order valence-electron chi connectivity index (χ1n) is 11.6. The molecule has 0 saturated heterocycles. The molecule has 2 amide bonds. The van der Waals surface area contributed by atoms with Crippen molar-refractivity contribution in [2.24, 2.45) is 0 Å². The first-order valence-corrected chi connectivity index (χ1v) is 13.0. The number of benzene rings is 2. The van der Waals surface area contributed by atoms with Crippen LogP contribution in [0.25, 0.3) is 0 Å². The predicted octanol–water partition coefficient (Wildman–Crippen LogP) is 2.81. The van der Waals surface area contributed by atoms with Crippen molar-refractivity contribution in [3.05, 3.63) is 66.0 Å². The number of rotatable bonds is 12. The molecule has 0 aromatic heterocycles. The molecular weight excluding hydrogens is 471 g/mol. The van der Waals surface area contributed by atoms with Gasteiger partial charge in [-0.25, -0.2) is 8.70 Å². The molecule has 2 aromatic rings. The maximum atomic E-state index is 14.6. The number of hydrogen-bond donors (Lipinski definition) is 1. The van der Waals surface area contributed by atoms with Crippen LogP contribution in [-0.2, 0) is 26.2 Å². The number of amides is 2. The average molecular weight is 507 g/mol. The summed E-state index contributed by atoms with van der Waals surface area (Å²) < 4.78 is 42.4. The number of para-hydroxylation sites is 1. The molecule has 0 saturated carbocycles. The van der Waals surface area contributed by atoms with Crippen LogP contribution >= 0.6 is 0 Å². The van der Waals surface area contributed by atoms with Crippen LogP contribution in [0.5, 0.6) is 0 Å². The van der Waals surface area contributed by atoms with Crippen LogP contribution in [0.2, 0.25) is 0 Å². The number of carbonyl (C=O) groups excluding carboxylic acids is 2. The van der Waals surface area contributed by atoms with Crippen LogP contribution in [0.1, 0.15) is 32.8 Å². The summed E-state index contributed by atoms with van der Waals surface area (Å²) in [5.41, 5.74) is 0.730. The van der Waals surface area contributed by atoms with Crippen molar-refractivity contribution >= 4 is 27.7 Å². The van der Waals surface area contributed by atoms with Crippen molar-refractivity contribution in [2.75, 3.05) is 31.5 Å². The van der Waals surface area contributed by atoms with Crippen molar-refractivity contribution in [3.63, 3.8) is 0 Å². The fourth-order valence-electron chi connectivity index (χ4n) is 3.63. The minimum Gasteiger partial charge on any atom is -0.352 e. The molecule has 0 heterocycles. The quantitative estimate of drug-likeness (QED) is 0.479. The van der Waals surface area contributed by atoms with E-state index in [9.17, 15) is 22.4 Å². The van der Waals surface area contributed by atoms with Crippen molar-refractivity contribution in [1.29, 1.82) is 0 Å². The molecule has 2 aromatic carbocycles. The van der Waals surface area contributed by atoms with Crippen molar-refractivity contribution in [2.45, 2.75) is 45.7 Å². The number of nitrogens with zero attached hydrogens (tertiary/aromatic N) is 3. The monoisotopic (exact) mass is 506 g/mol. The Morgan fingerprint density at radius 3 is 2.14 bits per heavy atom. The molecule has 0 aliphatic rings. The summed E-state index contributed by atoms with van der Waals surface area (Å²) in [6.45, 7) is 4.98. The Bertz CT molecular complexity index is 1090. The minimum absolute atomic E-state index is 0.133. The molecular formula is C25H35FN4O4S. The molecule has 0 fully saturated rings. The lowest BCUT2D eigenvalue weighted by Gasteiger charge is -2.34. The highest BCUT2D eigenvalue weighted by Gasteiger charge is 2.34. The van der Waals surface area contributed by atoms with Gasteiger partial charge in [-0.3, -0.25) is 9.59 Å². The molecule has 0 spiro atoms. The zero-order chi connectivity index (χ0) is 26.2. The van der Waals surface area contributed by atoms with Gasteiger partial charge in [-0.15, -0.1) is 0 Å². The fourth-order valence-corrected chi connectivity index (χ4v) is 4.70. The molecule has 1 N–H and O–H groups in total. The van der Waals surface area contributed by atoms with E-state index >= 15 is 0 Å². The van der Waals surface area contributed by atoms with Gasteiger partial charge in [-0.1, -0.05) is 49.4 Å². The maximum Gasteiger partial charge on any atom is 0.304 e. The summed E-state index contributed by atoms with van der Waals surface area (Å²) in [6.07, 6.45) is 0.803. The van der Waals surface area contributed by atoms with E-state index in [0.29, 0.717) is 12.8 Å². The zero-order valence-corrected chi connectivity index (χ0v) is 21.8. The van der Waals surface area contributed by atoms with E-state index in [1.165, 1.54) is 37.2 Å². The van der Waals surface area contributed by atoms with E-state index in [-0.39, 0.29) is 24.2 Å². The van der Waals surface area contributed by atoms with Gasteiger partial charge in [-0.05, 0) is 44.4 Å². The van der Waals surface area contributed by atoms with Gasteiger partial charge in [-0.2, -0.15) is 12.7 Å². The maximum absolute atomic E-state index is 14.6. The summed E-state index contributed by atoms with van der Waals surface area (Å²) in [6, 6.07) is 13.9. The molecule has 8 nitrogen and oxygen atoms in total. The van der Waals surface area contributed by atoms with E-state index in [1.807, 2.05) is 44.2 Å². The van der Waals surface area contributed by atoms with E-state index < -0.39 is 34.5 Å². The van der Waals surface area contributed by atoms with Crippen LogP contribution in [-0.4, -0.2) is 68.7 Å². The molecule has 0 aliphatic carbocycles. The van der Waals surface area contributed by atoms with Crippen molar-refractivity contribution < 1.29 is 22.4 Å². The fraction of sp³-hybridized carbons (Fsp3) is 0.440. The normalized spacial score (nSPS) is 12.5. The first kappa shape index (κ1) is 28.3. The Hall–Kier alpha value is -2.98. The lowest BCUT2D eigenvalue weighted by Crippen LogP contribution is -2.55. The third-order valence-corrected chi connectivity index (χ3v) is 7.25. The van der Waals surface area contributed by atoms with E-state index in [2.05, 4.69) is 5.32 Å². The molecule has 1 atom stereocenters. The van der Waals surface area contributed by atoms with Crippen LogP contribution in [0.3, 0.4) is 0 Å². The smallest absolute Gasteiger partial charge is 0.304 e. The topological polar surface area (TPSA) is 90.0 Å². The summed E-state index contributed by atoms with van der Waals surface area (Å²) in [7, 11) is -1.58. The van der Waals surface area contributed by atoms with Gasteiger partial charge in [0.05, 0.1) is 5.69 Å². The number of nitrogens with one attached hydrogen (secondary N) is 1. The lowest BCUT2D eigenvalue weighted by molar-refractivity contribution is -0.139. The van der Waals surface area contributed by atoms with E-state index in [0.717, 1.165) is 20.2 Å². The summed E-state index contributed by atoms with van der Waals surface area (Å²) in [5.74, 6) is -1.69. The van der Waals surface area contributed by atoms with E-state index in [1.54, 1.807) is 6.92 Å². The van der Waals surface area contributed by atoms with Crippen molar-refractivity contribution in [1.82, 2.24) is 14.5 Å². The van der Waals surface area contributed by atoms with Gasteiger partial charge in [0.15, 0.2) is 0 Å². The number of carbonyl (C=O) groups is 2. The highest BCUT2D eigenvalue weighted by molar-refractivity contribution is 7.90. The van der Waals surface area contributed by atoms with Gasteiger partial charge in [0.25, 0.3) is 0 Å². The second-order valence-electron chi connectivity index (χ2n) is 8.66. The SMILES string of the molecule is CCC(C(=O)NC(C)C)N(CCc1ccccc1)C(=O)CN(c1ccccc1F)S(=O)(=O)N(C)C. The molecule has 2 rings (SSSR count). The Balaban J connectivity index is 2.44. The summed E-state index contributed by atoms with van der Waals surface area (Å²) in [5, 5.41) is 2.84. The van der Waals surface area contributed by atoms with Crippen LogP contribution < -0.4 is 9.62 Å². The van der Waals surface area contributed by atoms with Crippen LogP contribution in [0, 0.1) is 5.82 Å². The minimum atomic E-state index is -4.20. The Labute approximate surface area is 207 Å². The average Bonchev–Trinajstić information content (AvgIpc) is 2.80. The summed E-state index contributed by atoms with van der Waals surface area (Å²) in [4.78, 5) is 28.0. The second kappa shape index (κ2) is 12.6. The third-order valence-electron chi connectivity index (χ3n) is 5.44. The molecule has 0 aliphatic heterocycles. The molecule has 10 heteroatoms. The van der Waals surface area contributed by atoms with E-state index in [4.69, 9.17) is 0 Å². The Morgan fingerprint density at radius 1 is 1.00 bits per heavy atom. The second-order valence-corrected chi connectivity index (χ2v) is 10.7. The predicted molar refractivity (Wildman–Crippen MR) is 136 cm³/mol. The molecule has 35 heavy (non-hydrogen) atoms. The third kappa shape index (κ3) is 7.50. The molecule has 0 bridgehead atoms. The van der Waals surface area contributed by atoms with Gasteiger partial charge >= 0.3 is 10.2 Å². The zero-order valence-electron chi connectivity index (χ0n) is 20.9. The largest absolute Gasteiger partial charge is 0.352 e. The van der Waals surface area contributed by atoms with Gasteiger partial charge in [0.2, 0.25) is 11.8 Å². The molecule has 0 radical (unpaired) electrons. The van der Waals surface area contributed by atoms with Gasteiger partial charge < -0.3 is 10.2 Å².